The van der Waals surface area contributed by atoms with E-state index >= 15 is 0 Å². The van der Waals surface area contributed by atoms with Crippen LogP contribution in [-0.4, -0.2) is 20.9 Å². The molecule has 0 unspecified atom stereocenters. The van der Waals surface area contributed by atoms with Crippen LogP contribution in [0.4, 0.5) is 24.5 Å². The number of sulfonamides is 1. The molecule has 1 heterocycles. The molecule has 5 nitrogen and oxygen atoms in total. The Hall–Kier alpha value is -2.55. The summed E-state index contributed by atoms with van der Waals surface area (Å²) < 4.78 is 66.4. The first-order chi connectivity index (χ1) is 12.7. The van der Waals surface area contributed by atoms with Crippen LogP contribution in [0.25, 0.3) is 0 Å². The van der Waals surface area contributed by atoms with Crippen LogP contribution in [0.15, 0.2) is 41.3 Å². The lowest BCUT2D eigenvalue weighted by molar-refractivity contribution is -0.118. The summed E-state index contributed by atoms with van der Waals surface area (Å²) in [5.41, 5.74) is 0.326. The summed E-state index contributed by atoms with van der Waals surface area (Å²) in [7, 11) is -4.10. The third-order valence-electron chi connectivity index (χ3n) is 4.35. The molecular formula is C18H17F3N2O3S. The van der Waals surface area contributed by atoms with Crippen molar-refractivity contribution in [1.82, 2.24) is 0 Å². The van der Waals surface area contributed by atoms with Gasteiger partial charge in [0.05, 0.1) is 10.5 Å². The number of anilines is 2. The van der Waals surface area contributed by atoms with E-state index in [2.05, 4.69) is 4.72 Å². The third-order valence-corrected chi connectivity index (χ3v) is 5.73. The lowest BCUT2D eigenvalue weighted by Gasteiger charge is -2.17. The Morgan fingerprint density at radius 2 is 1.96 bits per heavy atom. The van der Waals surface area contributed by atoms with Crippen LogP contribution in [0.3, 0.4) is 0 Å². The summed E-state index contributed by atoms with van der Waals surface area (Å²) in [4.78, 5) is 13.4. The fourth-order valence-corrected chi connectivity index (χ4v) is 4.03. The van der Waals surface area contributed by atoms with Gasteiger partial charge in [-0.15, -0.1) is 0 Å². The minimum absolute atomic E-state index is 0.111. The minimum Gasteiger partial charge on any atom is -0.312 e. The average molecular weight is 398 g/mol. The smallest absolute Gasteiger partial charge is 0.266 e. The molecule has 0 spiro atoms. The van der Waals surface area contributed by atoms with Gasteiger partial charge in [0.15, 0.2) is 0 Å². The number of hydrogen-bond acceptors (Lipinski definition) is 3. The van der Waals surface area contributed by atoms with Crippen LogP contribution in [-0.2, 0) is 21.2 Å². The summed E-state index contributed by atoms with van der Waals surface area (Å²) in [6.07, 6.45) is -2.14. The molecule has 27 heavy (non-hydrogen) atoms. The molecule has 1 aliphatic rings. The van der Waals surface area contributed by atoms with Gasteiger partial charge in [0.1, 0.15) is 5.82 Å². The Morgan fingerprint density at radius 1 is 1.22 bits per heavy atom. The molecule has 1 N–H and O–H groups in total. The van der Waals surface area contributed by atoms with Crippen molar-refractivity contribution < 1.29 is 26.4 Å². The maximum Gasteiger partial charge on any atom is 0.266 e. The highest BCUT2D eigenvalue weighted by Gasteiger charge is 2.26. The standard InChI is InChI=1S/C18H17F3N2O3S/c1-2-17(24)23-8-7-11-3-5-13(10-16(11)23)27(25,26)22-12-4-6-15(19)14(9-12)18(20)21/h3-6,9-10,18,22H,2,7-8H2,1H3. The van der Waals surface area contributed by atoms with Gasteiger partial charge in [-0.2, -0.15) is 0 Å². The third kappa shape index (κ3) is 3.78. The van der Waals surface area contributed by atoms with E-state index in [1.54, 1.807) is 13.0 Å². The summed E-state index contributed by atoms with van der Waals surface area (Å²) in [5.74, 6) is -1.23. The van der Waals surface area contributed by atoms with Gasteiger partial charge in [-0.1, -0.05) is 13.0 Å². The molecular weight excluding hydrogens is 381 g/mol. The van der Waals surface area contributed by atoms with Crippen molar-refractivity contribution in [3.8, 4) is 0 Å². The first-order valence-electron chi connectivity index (χ1n) is 8.26. The van der Waals surface area contributed by atoms with Crippen LogP contribution in [0, 0.1) is 5.82 Å². The highest BCUT2D eigenvalue weighted by Crippen LogP contribution is 2.32. The quantitative estimate of drug-likeness (QED) is 0.832. The van der Waals surface area contributed by atoms with Crippen molar-refractivity contribution in [2.24, 2.45) is 0 Å². The molecule has 0 saturated carbocycles. The van der Waals surface area contributed by atoms with E-state index in [4.69, 9.17) is 0 Å². The second kappa shape index (κ2) is 7.22. The topological polar surface area (TPSA) is 66.5 Å². The highest BCUT2D eigenvalue weighted by atomic mass is 32.2. The van der Waals surface area contributed by atoms with Gasteiger partial charge in [-0.05, 0) is 42.3 Å². The number of nitrogens with zero attached hydrogens (tertiary/aromatic N) is 1. The number of halogens is 3. The molecule has 144 valence electrons. The predicted molar refractivity (Wildman–Crippen MR) is 95.0 cm³/mol. The summed E-state index contributed by atoms with van der Waals surface area (Å²) in [6.45, 7) is 2.20. The number of amides is 1. The zero-order valence-electron chi connectivity index (χ0n) is 14.4. The van der Waals surface area contributed by atoms with Gasteiger partial charge in [-0.3, -0.25) is 9.52 Å². The maximum absolute atomic E-state index is 13.4. The van der Waals surface area contributed by atoms with Gasteiger partial charge in [0.2, 0.25) is 5.91 Å². The number of rotatable bonds is 5. The largest absolute Gasteiger partial charge is 0.312 e. The maximum atomic E-state index is 13.4. The normalized spacial score (nSPS) is 13.7. The van der Waals surface area contributed by atoms with Crippen LogP contribution >= 0.6 is 0 Å². The molecule has 0 atom stereocenters. The minimum atomic E-state index is -4.10. The molecule has 1 aliphatic heterocycles. The Balaban J connectivity index is 1.93. The van der Waals surface area contributed by atoms with Crippen LogP contribution in [0.1, 0.15) is 30.9 Å². The van der Waals surface area contributed by atoms with E-state index in [-0.39, 0.29) is 16.5 Å². The molecule has 0 bridgehead atoms. The van der Waals surface area contributed by atoms with Gasteiger partial charge >= 0.3 is 0 Å². The second-order valence-corrected chi connectivity index (χ2v) is 7.76. The van der Waals surface area contributed by atoms with Crippen molar-refractivity contribution in [3.63, 3.8) is 0 Å². The number of carbonyl (C=O) groups excluding carboxylic acids is 1. The summed E-state index contributed by atoms with van der Waals surface area (Å²) in [5, 5.41) is 0. The van der Waals surface area contributed by atoms with Crippen molar-refractivity contribution in [2.75, 3.05) is 16.2 Å². The lowest BCUT2D eigenvalue weighted by Crippen LogP contribution is -2.28. The van der Waals surface area contributed by atoms with Crippen molar-refractivity contribution in [3.05, 3.63) is 53.3 Å². The average Bonchev–Trinajstić information content (AvgIpc) is 3.05. The summed E-state index contributed by atoms with van der Waals surface area (Å²) >= 11 is 0. The Labute approximate surface area is 154 Å². The molecule has 9 heteroatoms. The molecule has 0 aliphatic carbocycles. The Kier molecular flexibility index (Phi) is 5.14. The zero-order chi connectivity index (χ0) is 19.8. The number of alkyl halides is 2. The molecule has 0 saturated heterocycles. The van der Waals surface area contributed by atoms with Gasteiger partial charge in [0.25, 0.3) is 16.4 Å². The molecule has 0 radical (unpaired) electrons. The first kappa shape index (κ1) is 19.2. The SMILES string of the molecule is CCC(=O)N1CCc2ccc(S(=O)(=O)Nc3ccc(F)c(C(F)F)c3)cc21. The highest BCUT2D eigenvalue weighted by molar-refractivity contribution is 7.92. The lowest BCUT2D eigenvalue weighted by atomic mass is 10.2. The number of hydrogen-bond donors (Lipinski definition) is 1. The molecule has 3 rings (SSSR count). The van der Waals surface area contributed by atoms with E-state index in [1.165, 1.54) is 17.0 Å². The Morgan fingerprint density at radius 3 is 2.63 bits per heavy atom. The zero-order valence-corrected chi connectivity index (χ0v) is 15.2. The number of carbonyl (C=O) groups is 1. The molecule has 2 aromatic carbocycles. The Bertz CT molecular complexity index is 993. The number of benzene rings is 2. The van der Waals surface area contributed by atoms with Crippen LogP contribution in [0.5, 0.6) is 0 Å². The van der Waals surface area contributed by atoms with E-state index in [0.29, 0.717) is 25.1 Å². The van der Waals surface area contributed by atoms with E-state index in [0.717, 1.165) is 23.8 Å². The number of nitrogens with one attached hydrogen (secondary N) is 1. The fourth-order valence-electron chi connectivity index (χ4n) is 2.96. The van der Waals surface area contributed by atoms with Gasteiger partial charge < -0.3 is 4.90 Å². The molecule has 2 aromatic rings. The number of fused-ring (bicyclic) bond motifs is 1. The second-order valence-electron chi connectivity index (χ2n) is 6.08. The van der Waals surface area contributed by atoms with Crippen molar-refractivity contribution >= 4 is 27.3 Å². The summed E-state index contributed by atoms with van der Waals surface area (Å²) in [6, 6.07) is 7.01. The van der Waals surface area contributed by atoms with E-state index in [9.17, 15) is 26.4 Å². The first-order valence-corrected chi connectivity index (χ1v) is 9.75. The molecule has 1 amide bonds. The van der Waals surface area contributed by atoms with E-state index in [1.807, 2.05) is 0 Å². The van der Waals surface area contributed by atoms with Gasteiger partial charge in [0, 0.05) is 24.3 Å². The molecule has 0 fully saturated rings. The van der Waals surface area contributed by atoms with Crippen molar-refractivity contribution in [2.45, 2.75) is 31.1 Å². The van der Waals surface area contributed by atoms with Crippen LogP contribution < -0.4 is 9.62 Å². The predicted octanol–water partition coefficient (Wildman–Crippen LogP) is 3.86. The monoisotopic (exact) mass is 398 g/mol. The fraction of sp³-hybridized carbons (Fsp3) is 0.278. The van der Waals surface area contributed by atoms with Crippen molar-refractivity contribution in [1.29, 1.82) is 0 Å². The van der Waals surface area contributed by atoms with E-state index < -0.39 is 27.8 Å². The van der Waals surface area contributed by atoms with Crippen LogP contribution in [0.2, 0.25) is 0 Å². The van der Waals surface area contributed by atoms with Gasteiger partial charge in [-0.25, -0.2) is 21.6 Å². The molecule has 0 aromatic heterocycles.